The highest BCUT2D eigenvalue weighted by Gasteiger charge is 2.10. The largest absolute Gasteiger partial charge is 0.461 e. The van der Waals surface area contributed by atoms with Crippen molar-refractivity contribution in [1.29, 1.82) is 0 Å². The molecule has 3 aromatic rings. The summed E-state index contributed by atoms with van der Waals surface area (Å²) in [7, 11) is 0. The third-order valence-electron chi connectivity index (χ3n) is 2.96. The fourth-order valence-electron chi connectivity index (χ4n) is 1.96. The molecule has 1 aromatic carbocycles. The van der Waals surface area contributed by atoms with Crippen molar-refractivity contribution in [3.05, 3.63) is 64.6 Å². The molecule has 0 spiro atoms. The average molecular weight is 310 g/mol. The minimum Gasteiger partial charge on any atom is -0.461 e. The molecule has 0 unspecified atom stereocenters. The Kier molecular flexibility index (Phi) is 4.11. The minimum absolute atomic E-state index is 0.412. The number of aromatic nitrogens is 3. The van der Waals surface area contributed by atoms with Gasteiger partial charge in [-0.3, -0.25) is 0 Å². The molecule has 0 radical (unpaired) electrons. The predicted molar refractivity (Wildman–Crippen MR) is 89.1 cm³/mol. The van der Waals surface area contributed by atoms with Crippen LogP contribution in [0.2, 0.25) is 0 Å². The van der Waals surface area contributed by atoms with Crippen molar-refractivity contribution < 1.29 is 4.42 Å². The van der Waals surface area contributed by atoms with E-state index in [0.717, 1.165) is 11.1 Å². The van der Waals surface area contributed by atoms with Gasteiger partial charge in [0.1, 0.15) is 0 Å². The number of furan rings is 1. The SMILES string of the molecule is CC(/C=N\n1c(-c2ccco2)n[nH]c1=S)=C\c1ccccc1. The van der Waals surface area contributed by atoms with Crippen molar-refractivity contribution in [2.75, 3.05) is 0 Å². The first kappa shape index (κ1) is 14.2. The lowest BCUT2D eigenvalue weighted by atomic mass is 10.1. The zero-order chi connectivity index (χ0) is 15.4. The molecular formula is C16H14N4OS. The molecule has 0 atom stereocenters. The second-order valence-electron chi connectivity index (χ2n) is 4.69. The quantitative estimate of drug-likeness (QED) is 0.582. The van der Waals surface area contributed by atoms with Crippen LogP contribution in [0.25, 0.3) is 17.7 Å². The van der Waals surface area contributed by atoms with E-state index in [1.165, 1.54) is 4.68 Å². The van der Waals surface area contributed by atoms with E-state index >= 15 is 0 Å². The van der Waals surface area contributed by atoms with Crippen LogP contribution in [0.1, 0.15) is 12.5 Å². The molecule has 1 N–H and O–H groups in total. The van der Waals surface area contributed by atoms with Crippen molar-refractivity contribution in [3.63, 3.8) is 0 Å². The van der Waals surface area contributed by atoms with Gasteiger partial charge in [0.05, 0.1) is 12.5 Å². The maximum atomic E-state index is 5.34. The summed E-state index contributed by atoms with van der Waals surface area (Å²) in [5.74, 6) is 1.15. The van der Waals surface area contributed by atoms with Gasteiger partial charge in [0.2, 0.25) is 10.6 Å². The van der Waals surface area contributed by atoms with Gasteiger partial charge in [-0.1, -0.05) is 36.4 Å². The van der Waals surface area contributed by atoms with Crippen LogP contribution in [0, 0.1) is 4.77 Å². The van der Waals surface area contributed by atoms with Gasteiger partial charge in [-0.15, -0.1) is 5.10 Å². The smallest absolute Gasteiger partial charge is 0.219 e. The normalized spacial score (nSPS) is 12.1. The van der Waals surface area contributed by atoms with Crippen molar-refractivity contribution >= 4 is 24.5 Å². The molecule has 6 heteroatoms. The highest BCUT2D eigenvalue weighted by atomic mass is 32.1. The average Bonchev–Trinajstić information content (AvgIpc) is 3.16. The molecule has 0 bridgehead atoms. The Morgan fingerprint density at radius 2 is 2.09 bits per heavy atom. The Labute approximate surface area is 132 Å². The van der Waals surface area contributed by atoms with E-state index in [2.05, 4.69) is 15.3 Å². The van der Waals surface area contributed by atoms with Crippen LogP contribution in [-0.4, -0.2) is 21.1 Å². The van der Waals surface area contributed by atoms with Crippen molar-refractivity contribution in [2.45, 2.75) is 6.92 Å². The Bertz CT molecular complexity index is 857. The molecule has 5 nitrogen and oxygen atoms in total. The van der Waals surface area contributed by atoms with Crippen molar-refractivity contribution in [1.82, 2.24) is 14.9 Å². The van der Waals surface area contributed by atoms with Crippen LogP contribution in [0.4, 0.5) is 0 Å². The van der Waals surface area contributed by atoms with Crippen LogP contribution in [0.3, 0.4) is 0 Å². The summed E-state index contributed by atoms with van der Waals surface area (Å²) < 4.78 is 7.29. The highest BCUT2D eigenvalue weighted by Crippen LogP contribution is 2.17. The van der Waals surface area contributed by atoms with Crippen LogP contribution in [0.5, 0.6) is 0 Å². The summed E-state index contributed by atoms with van der Waals surface area (Å²) in [6.45, 7) is 1.98. The van der Waals surface area contributed by atoms with Crippen LogP contribution in [0.15, 0.2) is 63.8 Å². The fraction of sp³-hybridized carbons (Fsp3) is 0.0625. The number of allylic oxidation sites excluding steroid dienone is 1. The van der Waals surface area contributed by atoms with Gasteiger partial charge < -0.3 is 4.42 Å². The molecule has 2 heterocycles. The van der Waals surface area contributed by atoms with E-state index in [9.17, 15) is 0 Å². The van der Waals surface area contributed by atoms with Crippen LogP contribution in [-0.2, 0) is 0 Å². The molecular weight excluding hydrogens is 296 g/mol. The second kappa shape index (κ2) is 6.36. The monoisotopic (exact) mass is 310 g/mol. The van der Waals surface area contributed by atoms with Gasteiger partial charge in [-0.05, 0) is 42.4 Å². The van der Waals surface area contributed by atoms with E-state index in [1.54, 1.807) is 18.5 Å². The molecule has 2 aromatic heterocycles. The van der Waals surface area contributed by atoms with Gasteiger partial charge in [0.15, 0.2) is 5.76 Å². The summed E-state index contributed by atoms with van der Waals surface area (Å²) in [5.41, 5.74) is 2.12. The Hall–Kier alpha value is -2.73. The summed E-state index contributed by atoms with van der Waals surface area (Å²) in [5, 5.41) is 11.2. The first-order chi connectivity index (χ1) is 10.7. The first-order valence-corrected chi connectivity index (χ1v) is 7.14. The summed E-state index contributed by atoms with van der Waals surface area (Å²) >= 11 is 5.20. The number of aromatic amines is 1. The van der Waals surface area contributed by atoms with E-state index in [0.29, 0.717) is 16.4 Å². The van der Waals surface area contributed by atoms with Crippen molar-refractivity contribution in [2.24, 2.45) is 5.10 Å². The Balaban J connectivity index is 1.89. The zero-order valence-electron chi connectivity index (χ0n) is 11.9. The lowest BCUT2D eigenvalue weighted by molar-refractivity contribution is 0.573. The highest BCUT2D eigenvalue weighted by molar-refractivity contribution is 7.71. The van der Waals surface area contributed by atoms with Crippen LogP contribution < -0.4 is 0 Å². The maximum Gasteiger partial charge on any atom is 0.219 e. The van der Waals surface area contributed by atoms with E-state index in [-0.39, 0.29) is 0 Å². The standard InChI is InChI=1S/C16H14N4OS/c1-12(10-13-6-3-2-4-7-13)11-17-20-15(18-19-16(20)22)14-8-5-9-21-14/h2-11H,1H3,(H,19,22)/b12-10+,17-11-. The molecule has 110 valence electrons. The lowest BCUT2D eigenvalue weighted by Gasteiger charge is -1.98. The number of nitrogens with one attached hydrogen (secondary N) is 1. The van der Waals surface area contributed by atoms with Gasteiger partial charge in [0, 0.05) is 0 Å². The molecule has 0 saturated carbocycles. The van der Waals surface area contributed by atoms with Gasteiger partial charge in [-0.25, -0.2) is 5.10 Å². The number of nitrogens with zero attached hydrogens (tertiary/aromatic N) is 3. The molecule has 22 heavy (non-hydrogen) atoms. The van der Waals surface area contributed by atoms with Crippen molar-refractivity contribution in [3.8, 4) is 11.6 Å². The van der Waals surface area contributed by atoms with E-state index in [1.807, 2.05) is 49.4 Å². The summed E-state index contributed by atoms with van der Waals surface area (Å²) in [6, 6.07) is 13.7. The molecule has 0 saturated heterocycles. The minimum atomic E-state index is 0.412. The summed E-state index contributed by atoms with van der Waals surface area (Å²) in [6.07, 6.45) is 5.37. The van der Waals surface area contributed by atoms with Gasteiger partial charge >= 0.3 is 0 Å². The lowest BCUT2D eigenvalue weighted by Crippen LogP contribution is -1.94. The van der Waals surface area contributed by atoms with Gasteiger partial charge in [0.25, 0.3) is 0 Å². The number of benzene rings is 1. The summed E-state index contributed by atoms with van der Waals surface area (Å²) in [4.78, 5) is 0. The number of H-pyrrole nitrogens is 1. The molecule has 0 amide bonds. The zero-order valence-corrected chi connectivity index (χ0v) is 12.7. The van der Waals surface area contributed by atoms with Gasteiger partial charge in [-0.2, -0.15) is 9.78 Å². The number of rotatable bonds is 4. The molecule has 0 aliphatic carbocycles. The topological polar surface area (TPSA) is 59.1 Å². The number of hydrogen-bond donors (Lipinski definition) is 1. The third kappa shape index (κ3) is 3.12. The van der Waals surface area contributed by atoms with E-state index in [4.69, 9.17) is 16.6 Å². The van der Waals surface area contributed by atoms with Crippen LogP contribution >= 0.6 is 12.2 Å². The third-order valence-corrected chi connectivity index (χ3v) is 3.23. The second-order valence-corrected chi connectivity index (χ2v) is 5.07. The molecule has 0 aliphatic heterocycles. The first-order valence-electron chi connectivity index (χ1n) is 6.73. The predicted octanol–water partition coefficient (Wildman–Crippen LogP) is 4.14. The van der Waals surface area contributed by atoms with E-state index < -0.39 is 0 Å². The molecule has 3 rings (SSSR count). The maximum absolute atomic E-state index is 5.34. The Morgan fingerprint density at radius 3 is 2.82 bits per heavy atom. The number of hydrogen-bond acceptors (Lipinski definition) is 4. The fourth-order valence-corrected chi connectivity index (χ4v) is 2.14. The molecule has 0 aliphatic rings. The molecule has 0 fully saturated rings. The Morgan fingerprint density at radius 1 is 1.27 bits per heavy atom.